The Morgan fingerprint density at radius 1 is 1.23 bits per heavy atom. The summed E-state index contributed by atoms with van der Waals surface area (Å²) < 4.78 is 0.991. The third-order valence-corrected chi connectivity index (χ3v) is 6.58. The van der Waals surface area contributed by atoms with E-state index in [1.807, 2.05) is 31.2 Å². The molecule has 132 valence electrons. The zero-order chi connectivity index (χ0) is 18.0. The zero-order valence-corrected chi connectivity index (χ0v) is 15.0. The first-order chi connectivity index (χ1) is 12.5. The van der Waals surface area contributed by atoms with Gasteiger partial charge in [-0.1, -0.05) is 12.2 Å². The molecule has 4 atom stereocenters. The van der Waals surface area contributed by atoms with Crippen LogP contribution in [0.5, 0.6) is 0 Å². The fourth-order valence-corrected chi connectivity index (χ4v) is 5.45. The van der Waals surface area contributed by atoms with Crippen LogP contribution in [-0.4, -0.2) is 34.2 Å². The van der Waals surface area contributed by atoms with E-state index >= 15 is 0 Å². The number of anilines is 1. The van der Waals surface area contributed by atoms with Crippen molar-refractivity contribution in [2.24, 2.45) is 23.7 Å². The van der Waals surface area contributed by atoms with Crippen molar-refractivity contribution in [2.75, 3.05) is 11.9 Å². The van der Waals surface area contributed by atoms with E-state index in [-0.39, 0.29) is 47.9 Å². The number of carbonyl (C=O) groups excluding carboxylic acids is 3. The van der Waals surface area contributed by atoms with E-state index in [1.165, 1.54) is 0 Å². The standard InChI is InChI=1S/C19H17N3O3S/c1-9-20-13-5-4-12(7-14(13)26-9)21-15(23)8-22-18(24)16-10-2-3-11(6-10)17(16)19(22)25/h2-5,7,10-11,16-17H,6,8H2,1H3,(H,21,23)/t10-,11-,16-,17-/m0/s1. The van der Waals surface area contributed by atoms with Crippen LogP contribution in [0.1, 0.15) is 11.4 Å². The second-order valence-electron chi connectivity index (χ2n) is 7.23. The number of imide groups is 1. The van der Waals surface area contributed by atoms with Crippen molar-refractivity contribution < 1.29 is 14.4 Å². The molecule has 0 radical (unpaired) electrons. The maximum atomic E-state index is 12.6. The monoisotopic (exact) mass is 367 g/mol. The first kappa shape index (κ1) is 15.7. The van der Waals surface area contributed by atoms with Gasteiger partial charge in [-0.25, -0.2) is 4.98 Å². The number of carbonyl (C=O) groups is 3. The molecule has 2 bridgehead atoms. The van der Waals surface area contributed by atoms with Crippen LogP contribution >= 0.6 is 11.3 Å². The van der Waals surface area contributed by atoms with Crippen LogP contribution in [0.4, 0.5) is 5.69 Å². The Kier molecular flexibility index (Phi) is 3.31. The minimum Gasteiger partial charge on any atom is -0.324 e. The molecule has 1 saturated carbocycles. The number of fused-ring (bicyclic) bond motifs is 6. The van der Waals surface area contributed by atoms with Gasteiger partial charge in [-0.2, -0.15) is 0 Å². The van der Waals surface area contributed by atoms with E-state index in [0.717, 1.165) is 26.5 Å². The fraction of sp³-hybridized carbons (Fsp3) is 0.368. The molecule has 5 rings (SSSR count). The summed E-state index contributed by atoms with van der Waals surface area (Å²) in [6, 6.07) is 5.50. The van der Waals surface area contributed by atoms with Crippen LogP contribution in [0.15, 0.2) is 30.4 Å². The van der Waals surface area contributed by atoms with Gasteiger partial charge in [0.05, 0.1) is 27.1 Å². The molecule has 1 aliphatic heterocycles. The molecule has 1 aromatic heterocycles. The van der Waals surface area contributed by atoms with E-state index < -0.39 is 0 Å². The molecule has 3 amide bonds. The van der Waals surface area contributed by atoms with Gasteiger partial charge in [0.25, 0.3) is 0 Å². The summed E-state index contributed by atoms with van der Waals surface area (Å²) in [4.78, 5) is 43.2. The number of thiazole rings is 1. The van der Waals surface area contributed by atoms with Gasteiger partial charge in [-0.15, -0.1) is 11.3 Å². The number of allylic oxidation sites excluding steroid dienone is 2. The molecular weight excluding hydrogens is 350 g/mol. The molecule has 2 aromatic rings. The number of rotatable bonds is 3. The average molecular weight is 367 g/mol. The quantitative estimate of drug-likeness (QED) is 0.667. The number of aromatic nitrogens is 1. The summed E-state index contributed by atoms with van der Waals surface area (Å²) >= 11 is 1.56. The lowest BCUT2D eigenvalue weighted by Gasteiger charge is -2.16. The lowest BCUT2D eigenvalue weighted by atomic mass is 9.85. The lowest BCUT2D eigenvalue weighted by molar-refractivity contribution is -0.143. The molecule has 0 spiro atoms. The van der Waals surface area contributed by atoms with Crippen LogP contribution in [0.3, 0.4) is 0 Å². The summed E-state index contributed by atoms with van der Waals surface area (Å²) in [7, 11) is 0. The number of likely N-dealkylation sites (tertiary alicyclic amines) is 1. The van der Waals surface area contributed by atoms with Crippen LogP contribution in [0.25, 0.3) is 10.2 Å². The van der Waals surface area contributed by atoms with Crippen molar-refractivity contribution >= 4 is 45.0 Å². The number of amides is 3. The van der Waals surface area contributed by atoms with Gasteiger partial charge in [0, 0.05) is 5.69 Å². The maximum absolute atomic E-state index is 12.6. The van der Waals surface area contributed by atoms with Gasteiger partial charge in [0.2, 0.25) is 17.7 Å². The lowest BCUT2D eigenvalue weighted by Crippen LogP contribution is -2.39. The van der Waals surface area contributed by atoms with Crippen molar-refractivity contribution in [3.05, 3.63) is 35.4 Å². The molecule has 6 nitrogen and oxygen atoms in total. The zero-order valence-electron chi connectivity index (χ0n) is 14.1. The SMILES string of the molecule is Cc1nc2ccc(NC(=O)CN3C(=O)[C@@H]4[C@@H](C3=O)[C@H]3C=C[C@H]4C3)cc2s1. The Balaban J connectivity index is 1.31. The molecule has 2 fully saturated rings. The normalized spacial score (nSPS) is 29.0. The number of hydrogen-bond acceptors (Lipinski definition) is 5. The smallest absolute Gasteiger partial charge is 0.244 e. The van der Waals surface area contributed by atoms with Gasteiger partial charge in [-0.3, -0.25) is 19.3 Å². The molecule has 1 aromatic carbocycles. The van der Waals surface area contributed by atoms with Gasteiger partial charge in [0.1, 0.15) is 6.54 Å². The van der Waals surface area contributed by atoms with E-state index in [1.54, 1.807) is 17.4 Å². The Morgan fingerprint density at radius 2 is 1.92 bits per heavy atom. The Morgan fingerprint density at radius 3 is 2.62 bits per heavy atom. The summed E-state index contributed by atoms with van der Waals surface area (Å²) in [6.45, 7) is 1.72. The van der Waals surface area contributed by atoms with Crippen LogP contribution in [-0.2, 0) is 14.4 Å². The van der Waals surface area contributed by atoms with Crippen LogP contribution in [0, 0.1) is 30.6 Å². The summed E-state index contributed by atoms with van der Waals surface area (Å²) in [5.74, 6) is -0.949. The van der Waals surface area contributed by atoms with Gasteiger partial charge < -0.3 is 5.32 Å². The first-order valence-electron chi connectivity index (χ1n) is 8.72. The summed E-state index contributed by atoms with van der Waals surface area (Å²) in [5, 5.41) is 3.76. The highest BCUT2D eigenvalue weighted by molar-refractivity contribution is 7.18. The number of nitrogens with zero attached hydrogens (tertiary/aromatic N) is 2. The molecule has 0 unspecified atom stereocenters. The van der Waals surface area contributed by atoms with E-state index in [0.29, 0.717) is 5.69 Å². The molecule has 7 heteroatoms. The van der Waals surface area contributed by atoms with Gasteiger partial charge >= 0.3 is 0 Å². The predicted octanol–water partition coefficient (Wildman–Crippen LogP) is 2.35. The number of hydrogen-bond donors (Lipinski definition) is 1. The minimum atomic E-state index is -0.354. The van der Waals surface area contributed by atoms with E-state index in [9.17, 15) is 14.4 Å². The third kappa shape index (κ3) is 2.23. The molecule has 3 aliphatic rings. The molecule has 1 saturated heterocycles. The predicted molar refractivity (Wildman–Crippen MR) is 97.4 cm³/mol. The number of benzene rings is 1. The number of nitrogens with one attached hydrogen (secondary N) is 1. The van der Waals surface area contributed by atoms with Crippen molar-refractivity contribution in [1.82, 2.24) is 9.88 Å². The average Bonchev–Trinajstić information content (AvgIpc) is 3.34. The Labute approximate surface area is 153 Å². The molecule has 26 heavy (non-hydrogen) atoms. The Bertz CT molecular complexity index is 965. The van der Waals surface area contributed by atoms with E-state index in [2.05, 4.69) is 10.3 Å². The topological polar surface area (TPSA) is 79.4 Å². The van der Waals surface area contributed by atoms with Crippen molar-refractivity contribution in [2.45, 2.75) is 13.3 Å². The van der Waals surface area contributed by atoms with Crippen molar-refractivity contribution in [3.8, 4) is 0 Å². The van der Waals surface area contributed by atoms with E-state index in [4.69, 9.17) is 0 Å². The van der Waals surface area contributed by atoms with Crippen molar-refractivity contribution in [3.63, 3.8) is 0 Å². The molecule has 1 N–H and O–H groups in total. The third-order valence-electron chi connectivity index (χ3n) is 5.64. The van der Waals surface area contributed by atoms with Crippen LogP contribution < -0.4 is 5.32 Å². The van der Waals surface area contributed by atoms with Gasteiger partial charge in [-0.05, 0) is 43.4 Å². The summed E-state index contributed by atoms with van der Waals surface area (Å²) in [6.07, 6.45) is 4.99. The first-order valence-corrected chi connectivity index (χ1v) is 9.53. The van der Waals surface area contributed by atoms with Gasteiger partial charge in [0.15, 0.2) is 0 Å². The second-order valence-corrected chi connectivity index (χ2v) is 8.46. The molecule has 2 aliphatic carbocycles. The largest absolute Gasteiger partial charge is 0.324 e. The highest BCUT2D eigenvalue weighted by Crippen LogP contribution is 2.52. The maximum Gasteiger partial charge on any atom is 0.244 e. The van der Waals surface area contributed by atoms with Crippen LogP contribution in [0.2, 0.25) is 0 Å². The van der Waals surface area contributed by atoms with Crippen molar-refractivity contribution in [1.29, 1.82) is 0 Å². The summed E-state index contributed by atoms with van der Waals surface area (Å²) in [5.41, 5.74) is 1.54. The Hall–Kier alpha value is -2.54. The highest BCUT2D eigenvalue weighted by Gasteiger charge is 2.59. The molecular formula is C19H17N3O3S. The minimum absolute atomic E-state index is 0.159. The number of aryl methyl sites for hydroxylation is 1. The molecule has 2 heterocycles. The second kappa shape index (κ2) is 5.48. The fourth-order valence-electron chi connectivity index (χ4n) is 4.58. The highest BCUT2D eigenvalue weighted by atomic mass is 32.1.